The minimum atomic E-state index is -4.30. The number of carbonyl (C=O) groups is 1. The van der Waals surface area contributed by atoms with Gasteiger partial charge >= 0.3 is 6.47 Å². The van der Waals surface area contributed by atoms with Crippen LogP contribution < -0.4 is 9.79 Å². The normalized spacial score (nSPS) is 14.4. The van der Waals surface area contributed by atoms with E-state index >= 15 is 0 Å². The smallest absolute Gasteiger partial charge is 0.322 e. The Hall–Kier alpha value is -4.81. The zero-order valence-corrected chi connectivity index (χ0v) is 24.8. The minimum Gasteiger partial charge on any atom is -0.347 e. The van der Waals surface area contributed by atoms with Crippen molar-refractivity contribution in [3.63, 3.8) is 0 Å². The summed E-state index contributed by atoms with van der Waals surface area (Å²) in [6.07, 6.45) is 6.08. The molecule has 12 heteroatoms. The minimum absolute atomic E-state index is 0.0115. The molecule has 5 aromatic rings. The van der Waals surface area contributed by atoms with E-state index in [9.17, 15) is 17.6 Å². The number of aromatic nitrogens is 3. The van der Waals surface area contributed by atoms with E-state index in [1.807, 2.05) is 6.07 Å². The molecule has 6 rings (SSSR count). The Balaban J connectivity index is 1.17. The van der Waals surface area contributed by atoms with Crippen LogP contribution in [0.1, 0.15) is 12.8 Å². The standard InChI is InChI=1S/C32H31FN6O4S/c1-37-15-12-23(13-16-37)20-38-17-14-25-18-24(2-11-31(25)38)30-19-32(35-21-34-30)36-27-5-7-28(8-6-27)39(43-22-40)44(41,42)29-9-3-26(33)4-10-29/h2-11,14,17-19,21-23H,12-13,15-16,20H2,1H3,(H,34,35,36). The van der Waals surface area contributed by atoms with E-state index in [0.29, 0.717) is 21.9 Å². The first-order valence-electron chi connectivity index (χ1n) is 14.2. The van der Waals surface area contributed by atoms with Crippen molar-refractivity contribution in [2.24, 2.45) is 5.92 Å². The highest BCUT2D eigenvalue weighted by Crippen LogP contribution is 2.29. The summed E-state index contributed by atoms with van der Waals surface area (Å²) in [6, 6.07) is 20.7. The fourth-order valence-electron chi connectivity index (χ4n) is 5.44. The molecule has 0 bridgehead atoms. The van der Waals surface area contributed by atoms with Gasteiger partial charge in [0.1, 0.15) is 18.0 Å². The van der Waals surface area contributed by atoms with Crippen molar-refractivity contribution in [3.8, 4) is 11.3 Å². The lowest BCUT2D eigenvalue weighted by Gasteiger charge is -2.29. The van der Waals surface area contributed by atoms with Gasteiger partial charge in [-0.3, -0.25) is 4.79 Å². The zero-order valence-electron chi connectivity index (χ0n) is 24.0. The second-order valence-corrected chi connectivity index (χ2v) is 12.6. The van der Waals surface area contributed by atoms with E-state index in [-0.39, 0.29) is 17.1 Å². The molecule has 0 atom stereocenters. The summed E-state index contributed by atoms with van der Waals surface area (Å²) < 4.78 is 42.3. The van der Waals surface area contributed by atoms with Crippen molar-refractivity contribution in [3.05, 3.63) is 97.2 Å². The van der Waals surface area contributed by atoms with Gasteiger partial charge in [0.15, 0.2) is 0 Å². The maximum absolute atomic E-state index is 13.3. The van der Waals surface area contributed by atoms with Crippen LogP contribution in [-0.4, -0.2) is 54.5 Å². The number of fused-ring (bicyclic) bond motifs is 1. The number of benzene rings is 3. The molecule has 0 amide bonds. The second kappa shape index (κ2) is 12.4. The molecule has 1 aliphatic heterocycles. The highest BCUT2D eigenvalue weighted by molar-refractivity contribution is 7.92. The lowest BCUT2D eigenvalue weighted by atomic mass is 9.97. The molecule has 1 saturated heterocycles. The third-order valence-electron chi connectivity index (χ3n) is 7.85. The van der Waals surface area contributed by atoms with Crippen molar-refractivity contribution in [1.82, 2.24) is 19.4 Å². The average molecular weight is 615 g/mol. The summed E-state index contributed by atoms with van der Waals surface area (Å²) in [6.45, 7) is 3.33. The lowest BCUT2D eigenvalue weighted by Crippen LogP contribution is -2.31. The van der Waals surface area contributed by atoms with E-state index in [2.05, 4.69) is 62.3 Å². The number of nitrogens with one attached hydrogen (secondary N) is 1. The number of hydrogen-bond donors (Lipinski definition) is 1. The molecule has 0 saturated carbocycles. The van der Waals surface area contributed by atoms with E-state index in [1.54, 1.807) is 12.1 Å². The molecule has 2 aromatic heterocycles. The van der Waals surface area contributed by atoms with Gasteiger partial charge in [-0.05, 0) is 106 Å². The maximum Gasteiger partial charge on any atom is 0.322 e. The van der Waals surface area contributed by atoms with Gasteiger partial charge < -0.3 is 19.6 Å². The molecule has 1 N–H and O–H groups in total. The largest absolute Gasteiger partial charge is 0.347 e. The quantitative estimate of drug-likeness (QED) is 0.160. The van der Waals surface area contributed by atoms with Crippen molar-refractivity contribution >= 4 is 44.6 Å². The summed E-state index contributed by atoms with van der Waals surface area (Å²) >= 11 is 0. The topological polar surface area (TPSA) is 110 Å². The highest BCUT2D eigenvalue weighted by Gasteiger charge is 2.27. The maximum atomic E-state index is 13.3. The molecule has 0 aliphatic carbocycles. The van der Waals surface area contributed by atoms with Gasteiger partial charge in [0.05, 0.1) is 16.3 Å². The molecular weight excluding hydrogens is 583 g/mol. The summed E-state index contributed by atoms with van der Waals surface area (Å²) in [7, 11) is -2.11. The molecule has 0 unspecified atom stereocenters. The van der Waals surface area contributed by atoms with Gasteiger partial charge in [-0.25, -0.2) is 14.4 Å². The van der Waals surface area contributed by atoms with E-state index in [4.69, 9.17) is 4.84 Å². The number of rotatable bonds is 10. The van der Waals surface area contributed by atoms with Crippen LogP contribution in [0.25, 0.3) is 22.2 Å². The molecule has 10 nitrogen and oxygen atoms in total. The summed E-state index contributed by atoms with van der Waals surface area (Å²) in [4.78, 5) is 26.9. The van der Waals surface area contributed by atoms with Gasteiger partial charge in [0.2, 0.25) is 0 Å². The summed E-state index contributed by atoms with van der Waals surface area (Å²) in [5, 5.41) is 4.35. The Morgan fingerprint density at radius 3 is 2.48 bits per heavy atom. The van der Waals surface area contributed by atoms with Crippen molar-refractivity contribution in [2.75, 3.05) is 29.9 Å². The van der Waals surface area contributed by atoms with Crippen LogP contribution in [0, 0.1) is 11.7 Å². The van der Waals surface area contributed by atoms with Crippen LogP contribution in [0.3, 0.4) is 0 Å². The van der Waals surface area contributed by atoms with Crippen LogP contribution >= 0.6 is 0 Å². The number of piperidine rings is 1. The Morgan fingerprint density at radius 1 is 1.00 bits per heavy atom. The van der Waals surface area contributed by atoms with Crippen LogP contribution in [0.15, 0.2) is 96.3 Å². The molecular formula is C32H31FN6O4S. The molecule has 0 spiro atoms. The van der Waals surface area contributed by atoms with Crippen LogP contribution in [0.2, 0.25) is 0 Å². The lowest BCUT2D eigenvalue weighted by molar-refractivity contribution is -0.128. The zero-order chi connectivity index (χ0) is 30.7. The molecule has 226 valence electrons. The average Bonchev–Trinajstić information content (AvgIpc) is 3.43. The van der Waals surface area contributed by atoms with Gasteiger partial charge in [-0.15, -0.1) is 0 Å². The van der Waals surface area contributed by atoms with Gasteiger partial charge in [-0.2, -0.15) is 8.42 Å². The predicted molar refractivity (Wildman–Crippen MR) is 166 cm³/mol. The number of hydrogen-bond acceptors (Lipinski definition) is 8. The number of likely N-dealkylation sites (tertiary alicyclic amines) is 1. The third-order valence-corrected chi connectivity index (χ3v) is 9.45. The Bertz CT molecular complexity index is 1870. The van der Waals surface area contributed by atoms with Crippen LogP contribution in [0.5, 0.6) is 0 Å². The Labute approximate surface area is 254 Å². The summed E-state index contributed by atoms with van der Waals surface area (Å²) in [5.74, 6) is 0.640. The van der Waals surface area contributed by atoms with Gasteiger partial charge in [-0.1, -0.05) is 10.5 Å². The molecule has 1 fully saturated rings. The van der Waals surface area contributed by atoms with Crippen molar-refractivity contribution < 1.29 is 22.4 Å². The molecule has 44 heavy (non-hydrogen) atoms. The number of nitrogens with zero attached hydrogens (tertiary/aromatic N) is 5. The van der Waals surface area contributed by atoms with Gasteiger partial charge in [0, 0.05) is 41.0 Å². The Kier molecular flexibility index (Phi) is 8.27. The molecule has 3 aromatic carbocycles. The SMILES string of the molecule is CN1CCC(Cn2ccc3cc(-c4cc(Nc5ccc(N(OC=O)S(=O)(=O)c6ccc(F)cc6)cc5)ncn4)ccc32)CC1. The molecule has 3 heterocycles. The van der Waals surface area contributed by atoms with Crippen LogP contribution in [0.4, 0.5) is 21.6 Å². The number of sulfonamides is 1. The molecule has 0 radical (unpaired) electrons. The predicted octanol–water partition coefficient (Wildman–Crippen LogP) is 5.61. The first-order valence-corrected chi connectivity index (χ1v) is 15.6. The van der Waals surface area contributed by atoms with Gasteiger partial charge in [0.25, 0.3) is 10.0 Å². The summed E-state index contributed by atoms with van der Waals surface area (Å²) in [5.41, 5.74) is 3.61. The first-order chi connectivity index (χ1) is 21.3. The Morgan fingerprint density at radius 2 is 1.75 bits per heavy atom. The van der Waals surface area contributed by atoms with Crippen molar-refractivity contribution in [1.29, 1.82) is 0 Å². The fraction of sp³-hybridized carbons (Fsp3) is 0.219. The molecule has 1 aliphatic rings. The first kappa shape index (κ1) is 29.3. The number of anilines is 3. The van der Waals surface area contributed by atoms with E-state index in [0.717, 1.165) is 60.5 Å². The fourth-order valence-corrected chi connectivity index (χ4v) is 6.66. The van der Waals surface area contributed by atoms with E-state index in [1.165, 1.54) is 36.8 Å². The number of halogens is 1. The van der Waals surface area contributed by atoms with Crippen molar-refractivity contribution in [2.45, 2.75) is 24.3 Å². The van der Waals surface area contributed by atoms with Crippen LogP contribution in [-0.2, 0) is 26.2 Å². The highest BCUT2D eigenvalue weighted by atomic mass is 32.2. The van der Waals surface area contributed by atoms with E-state index < -0.39 is 15.8 Å². The number of carbonyl (C=O) groups excluding carboxylic acids is 1. The third kappa shape index (κ3) is 6.26. The second-order valence-electron chi connectivity index (χ2n) is 10.8. The monoisotopic (exact) mass is 614 g/mol.